The quantitative estimate of drug-likeness (QED) is 0.209. The molecule has 0 saturated heterocycles. The first kappa shape index (κ1) is 21.4. The number of hydrogen-bond donors (Lipinski definition) is 0. The van der Waals surface area contributed by atoms with Crippen molar-refractivity contribution in [3.8, 4) is 11.5 Å². The minimum Gasteiger partial charge on any atom is -0.456 e. The predicted octanol–water partition coefficient (Wildman–Crippen LogP) is 7.35. The molecule has 0 saturated carbocycles. The van der Waals surface area contributed by atoms with Crippen LogP contribution in [0.5, 0.6) is 11.5 Å². The van der Waals surface area contributed by atoms with Gasteiger partial charge in [-0.3, -0.25) is 0 Å². The van der Waals surface area contributed by atoms with E-state index in [0.29, 0.717) is 0 Å². The SMILES string of the molecule is CC1(C)c2ccccc2N(c2ccc3c4c2Oc2cccc5c2B4c2c(cccc2S3)S5)c2ccccc21. The highest BCUT2D eigenvalue weighted by atomic mass is 32.2. The van der Waals surface area contributed by atoms with Crippen molar-refractivity contribution in [3.05, 3.63) is 108 Å². The molecule has 0 radical (unpaired) electrons. The van der Waals surface area contributed by atoms with Gasteiger partial charge in [-0.1, -0.05) is 85.9 Å². The molecule has 0 N–H and O–H groups in total. The molecule has 0 unspecified atom stereocenters. The summed E-state index contributed by atoms with van der Waals surface area (Å²) in [6, 6.07) is 35.6. The zero-order valence-corrected chi connectivity index (χ0v) is 22.6. The molecule has 38 heavy (non-hydrogen) atoms. The summed E-state index contributed by atoms with van der Waals surface area (Å²) in [4.78, 5) is 7.77. The molecule has 0 spiro atoms. The molecule has 0 bridgehead atoms. The number of nitrogens with zero attached hydrogens (tertiary/aromatic N) is 1. The molecule has 5 aromatic carbocycles. The third kappa shape index (κ3) is 2.59. The maximum Gasteiger partial charge on any atom is 0.256 e. The van der Waals surface area contributed by atoms with Gasteiger partial charge in [0.05, 0.1) is 17.1 Å². The molecule has 180 valence electrons. The molecule has 5 aromatic rings. The van der Waals surface area contributed by atoms with Gasteiger partial charge in [0.1, 0.15) is 11.5 Å². The van der Waals surface area contributed by atoms with E-state index < -0.39 is 0 Å². The van der Waals surface area contributed by atoms with E-state index in [-0.39, 0.29) is 12.1 Å². The molecule has 0 aromatic heterocycles. The Bertz CT molecular complexity index is 1780. The Labute approximate surface area is 231 Å². The van der Waals surface area contributed by atoms with Gasteiger partial charge in [-0.15, -0.1) is 0 Å². The van der Waals surface area contributed by atoms with Gasteiger partial charge in [0.15, 0.2) is 0 Å². The van der Waals surface area contributed by atoms with Crippen LogP contribution >= 0.6 is 23.5 Å². The summed E-state index contributed by atoms with van der Waals surface area (Å²) in [6.07, 6.45) is 0. The zero-order valence-electron chi connectivity index (χ0n) is 21.0. The second-order valence-electron chi connectivity index (χ2n) is 10.9. The molecule has 0 amide bonds. The Morgan fingerprint density at radius 3 is 1.84 bits per heavy atom. The molecule has 4 aliphatic rings. The minimum atomic E-state index is -0.0955. The number of hydrogen-bond acceptors (Lipinski definition) is 4. The number of anilines is 3. The Hall–Kier alpha value is -3.54. The van der Waals surface area contributed by atoms with Crippen molar-refractivity contribution < 1.29 is 4.74 Å². The Kier molecular flexibility index (Phi) is 4.12. The summed E-state index contributed by atoms with van der Waals surface area (Å²) in [5.41, 5.74) is 10.2. The maximum absolute atomic E-state index is 6.95. The molecule has 2 nitrogen and oxygen atoms in total. The predicted molar refractivity (Wildman–Crippen MR) is 159 cm³/mol. The van der Waals surface area contributed by atoms with Gasteiger partial charge in [0, 0.05) is 25.0 Å². The highest BCUT2D eigenvalue weighted by Crippen LogP contribution is 2.55. The maximum atomic E-state index is 6.95. The van der Waals surface area contributed by atoms with Gasteiger partial charge in [0.2, 0.25) is 0 Å². The molecule has 4 heterocycles. The highest BCUT2D eigenvalue weighted by Gasteiger charge is 2.46. The first-order valence-corrected chi connectivity index (χ1v) is 14.7. The number of para-hydroxylation sites is 2. The van der Waals surface area contributed by atoms with Gasteiger partial charge >= 0.3 is 0 Å². The van der Waals surface area contributed by atoms with E-state index in [9.17, 15) is 0 Å². The van der Waals surface area contributed by atoms with Gasteiger partial charge in [-0.2, -0.15) is 0 Å². The Morgan fingerprint density at radius 2 is 1.16 bits per heavy atom. The fourth-order valence-corrected chi connectivity index (χ4v) is 9.34. The second-order valence-corrected chi connectivity index (χ2v) is 13.1. The van der Waals surface area contributed by atoms with E-state index in [4.69, 9.17) is 4.74 Å². The fourth-order valence-electron chi connectivity index (χ4n) is 6.90. The lowest BCUT2D eigenvalue weighted by atomic mass is 9.35. The second kappa shape index (κ2) is 7.31. The fraction of sp³-hybridized carbons (Fsp3) is 0.0909. The molecule has 0 aliphatic carbocycles. The van der Waals surface area contributed by atoms with E-state index in [1.165, 1.54) is 58.5 Å². The largest absolute Gasteiger partial charge is 0.456 e. The molecular weight excluding hydrogens is 501 g/mol. The van der Waals surface area contributed by atoms with Crippen LogP contribution in [0, 0.1) is 0 Å². The minimum absolute atomic E-state index is 0.0955. The average molecular weight is 523 g/mol. The van der Waals surface area contributed by atoms with Gasteiger partial charge in [-0.05, 0) is 76.0 Å². The lowest BCUT2D eigenvalue weighted by molar-refractivity contribution is 0.485. The molecule has 9 rings (SSSR count). The first-order valence-electron chi connectivity index (χ1n) is 13.1. The molecule has 0 atom stereocenters. The third-order valence-electron chi connectivity index (χ3n) is 8.58. The normalized spacial score (nSPS) is 16.3. The Morgan fingerprint density at radius 1 is 0.579 bits per heavy atom. The lowest BCUT2D eigenvalue weighted by Crippen LogP contribution is -2.60. The molecule has 4 aliphatic heterocycles. The van der Waals surface area contributed by atoms with Crippen LogP contribution in [0.1, 0.15) is 25.0 Å². The van der Waals surface area contributed by atoms with Crippen molar-refractivity contribution in [1.29, 1.82) is 0 Å². The summed E-state index contributed by atoms with van der Waals surface area (Å²) in [6.45, 7) is 4.87. The smallest absolute Gasteiger partial charge is 0.256 e. The molecular formula is C33H22BNOS2. The van der Waals surface area contributed by atoms with E-state index in [2.05, 4.69) is 116 Å². The van der Waals surface area contributed by atoms with Crippen LogP contribution in [0.15, 0.2) is 117 Å². The van der Waals surface area contributed by atoms with Crippen LogP contribution in [0.3, 0.4) is 0 Å². The number of ether oxygens (including phenoxy) is 1. The first-order chi connectivity index (χ1) is 18.6. The summed E-state index contributed by atoms with van der Waals surface area (Å²) < 4.78 is 6.95. The van der Waals surface area contributed by atoms with Crippen molar-refractivity contribution in [3.63, 3.8) is 0 Å². The third-order valence-corrected chi connectivity index (χ3v) is 10.9. The Balaban J connectivity index is 1.36. The molecule has 5 heteroatoms. The van der Waals surface area contributed by atoms with E-state index in [0.717, 1.165) is 17.2 Å². The van der Waals surface area contributed by atoms with Crippen molar-refractivity contribution >= 4 is 63.7 Å². The monoisotopic (exact) mass is 523 g/mol. The molecule has 0 fully saturated rings. The zero-order chi connectivity index (χ0) is 25.2. The van der Waals surface area contributed by atoms with Crippen LogP contribution in [0.4, 0.5) is 17.1 Å². The van der Waals surface area contributed by atoms with E-state index in [1.54, 1.807) is 0 Å². The standard InChI is InChI=1S/C33H22BNOS2/c1-33(2)19-9-3-5-11-21(19)35(22-12-6-4-10-20(22)33)23-17-18-28-31-32(23)36-24-13-7-14-25-29(24)34(31)30-26(37-25)15-8-16-27(30)38-28/h3-18H,1-2H3. The average Bonchev–Trinajstić information content (AvgIpc) is 2.94. The van der Waals surface area contributed by atoms with E-state index in [1.807, 2.05) is 23.5 Å². The van der Waals surface area contributed by atoms with Crippen molar-refractivity contribution in [1.82, 2.24) is 0 Å². The van der Waals surface area contributed by atoms with Gasteiger partial charge in [0.25, 0.3) is 6.71 Å². The van der Waals surface area contributed by atoms with Gasteiger partial charge in [-0.25, -0.2) is 0 Å². The van der Waals surface area contributed by atoms with E-state index >= 15 is 0 Å². The topological polar surface area (TPSA) is 12.5 Å². The number of fused-ring (bicyclic) bond motifs is 2. The number of rotatable bonds is 1. The van der Waals surface area contributed by atoms with Crippen molar-refractivity contribution in [2.75, 3.05) is 4.90 Å². The summed E-state index contributed by atoms with van der Waals surface area (Å²) in [7, 11) is 0. The highest BCUT2D eigenvalue weighted by molar-refractivity contribution is 8.01. The van der Waals surface area contributed by atoms with Crippen LogP contribution in [0.25, 0.3) is 0 Å². The lowest BCUT2D eigenvalue weighted by Gasteiger charge is -2.44. The van der Waals surface area contributed by atoms with Crippen LogP contribution in [-0.2, 0) is 5.41 Å². The van der Waals surface area contributed by atoms with Gasteiger partial charge < -0.3 is 9.64 Å². The van der Waals surface area contributed by atoms with Crippen LogP contribution < -0.4 is 26.0 Å². The van der Waals surface area contributed by atoms with Crippen molar-refractivity contribution in [2.45, 2.75) is 38.8 Å². The summed E-state index contributed by atoms with van der Waals surface area (Å²) in [5, 5.41) is 0. The van der Waals surface area contributed by atoms with Crippen LogP contribution in [-0.4, -0.2) is 6.71 Å². The summed E-state index contributed by atoms with van der Waals surface area (Å²) in [5.74, 6) is 1.97. The van der Waals surface area contributed by atoms with Crippen molar-refractivity contribution in [2.24, 2.45) is 0 Å². The summed E-state index contributed by atoms with van der Waals surface area (Å²) >= 11 is 3.76. The number of benzene rings is 5. The van der Waals surface area contributed by atoms with Crippen LogP contribution in [0.2, 0.25) is 0 Å².